The van der Waals surface area contributed by atoms with Crippen molar-refractivity contribution in [1.82, 2.24) is 5.32 Å². The summed E-state index contributed by atoms with van der Waals surface area (Å²) in [5.74, 6) is 0.720. The van der Waals surface area contributed by atoms with Gasteiger partial charge in [-0.15, -0.1) is 0 Å². The minimum Gasteiger partial charge on any atom is -0.491 e. The molecule has 1 aromatic carbocycles. The van der Waals surface area contributed by atoms with E-state index in [1.54, 1.807) is 24.3 Å². The number of benzene rings is 1. The molecule has 1 unspecified atom stereocenters. The highest BCUT2D eigenvalue weighted by atomic mass is 35.5. The van der Waals surface area contributed by atoms with Gasteiger partial charge in [0.2, 0.25) is 0 Å². The Bertz CT molecular complexity index is 391. The number of nitrogens with two attached hydrogens (primary N) is 1. The first-order valence-electron chi connectivity index (χ1n) is 7.19. The van der Waals surface area contributed by atoms with E-state index < -0.39 is 6.10 Å². The second kappa shape index (κ2) is 7.84. The Morgan fingerprint density at radius 3 is 2.55 bits per heavy atom. The van der Waals surface area contributed by atoms with Gasteiger partial charge in [0, 0.05) is 23.7 Å². The minimum absolute atomic E-state index is 0.279. The van der Waals surface area contributed by atoms with Gasteiger partial charge >= 0.3 is 0 Å². The van der Waals surface area contributed by atoms with Gasteiger partial charge in [0.1, 0.15) is 18.5 Å². The molecule has 0 spiro atoms. The van der Waals surface area contributed by atoms with E-state index in [1.807, 2.05) is 0 Å². The molecule has 0 saturated heterocycles. The van der Waals surface area contributed by atoms with E-state index in [-0.39, 0.29) is 6.61 Å². The maximum Gasteiger partial charge on any atom is 0.119 e. The van der Waals surface area contributed by atoms with Gasteiger partial charge in [-0.05, 0) is 49.9 Å². The molecular formula is C15H23ClN2O2. The molecule has 0 amide bonds. The van der Waals surface area contributed by atoms with Crippen LogP contribution in [0.3, 0.4) is 0 Å². The van der Waals surface area contributed by atoms with Gasteiger partial charge in [-0.25, -0.2) is 0 Å². The molecule has 1 saturated carbocycles. The summed E-state index contributed by atoms with van der Waals surface area (Å²) in [7, 11) is 0. The number of rotatable bonds is 6. The van der Waals surface area contributed by atoms with Crippen LogP contribution in [-0.4, -0.2) is 36.4 Å². The van der Waals surface area contributed by atoms with Gasteiger partial charge in [-0.1, -0.05) is 11.6 Å². The van der Waals surface area contributed by atoms with Crippen LogP contribution in [0.15, 0.2) is 24.3 Å². The molecule has 0 aliphatic heterocycles. The molecule has 1 aliphatic rings. The van der Waals surface area contributed by atoms with Crippen LogP contribution < -0.4 is 15.8 Å². The maximum atomic E-state index is 9.91. The fourth-order valence-electron chi connectivity index (χ4n) is 2.41. The number of ether oxygens (including phenoxy) is 1. The highest BCUT2D eigenvalue weighted by molar-refractivity contribution is 6.30. The molecule has 1 aromatic rings. The Kier molecular flexibility index (Phi) is 6.10. The first kappa shape index (κ1) is 15.6. The number of hydrogen-bond donors (Lipinski definition) is 3. The highest BCUT2D eigenvalue weighted by Gasteiger charge is 2.18. The van der Waals surface area contributed by atoms with Crippen molar-refractivity contribution in [2.45, 2.75) is 43.9 Å². The molecule has 112 valence electrons. The molecule has 1 aliphatic carbocycles. The van der Waals surface area contributed by atoms with E-state index in [0.717, 1.165) is 31.4 Å². The van der Waals surface area contributed by atoms with Crippen molar-refractivity contribution in [1.29, 1.82) is 0 Å². The van der Waals surface area contributed by atoms with Crippen LogP contribution in [-0.2, 0) is 0 Å². The summed E-state index contributed by atoms with van der Waals surface area (Å²) in [5.41, 5.74) is 5.87. The summed E-state index contributed by atoms with van der Waals surface area (Å²) in [6, 6.07) is 7.96. The van der Waals surface area contributed by atoms with Crippen LogP contribution in [0.2, 0.25) is 5.02 Å². The molecule has 5 heteroatoms. The number of nitrogens with one attached hydrogen (secondary N) is 1. The van der Waals surface area contributed by atoms with Gasteiger partial charge in [-0.2, -0.15) is 0 Å². The number of halogens is 1. The molecule has 2 rings (SSSR count). The van der Waals surface area contributed by atoms with Gasteiger partial charge in [0.25, 0.3) is 0 Å². The summed E-state index contributed by atoms with van der Waals surface area (Å²) >= 11 is 5.80. The Morgan fingerprint density at radius 2 is 1.90 bits per heavy atom. The minimum atomic E-state index is -0.513. The monoisotopic (exact) mass is 298 g/mol. The highest BCUT2D eigenvalue weighted by Crippen LogP contribution is 2.17. The normalized spacial score (nSPS) is 24.4. The van der Waals surface area contributed by atoms with Crippen molar-refractivity contribution in [3.05, 3.63) is 29.3 Å². The van der Waals surface area contributed by atoms with Crippen LogP contribution in [0.1, 0.15) is 25.7 Å². The molecule has 1 atom stereocenters. The lowest BCUT2D eigenvalue weighted by Crippen LogP contribution is -2.41. The number of hydrogen-bond acceptors (Lipinski definition) is 4. The standard InChI is InChI=1S/C15H23ClN2O2/c16-11-1-7-15(8-2-11)20-10-14(19)9-18-13-5-3-12(17)4-6-13/h1-2,7-8,12-14,18-19H,3-6,9-10,17H2/t12-,13-,14?. The van der Waals surface area contributed by atoms with Gasteiger partial charge < -0.3 is 20.9 Å². The summed E-state index contributed by atoms with van der Waals surface area (Å²) in [6.45, 7) is 0.828. The van der Waals surface area contributed by atoms with Crippen LogP contribution in [0, 0.1) is 0 Å². The van der Waals surface area contributed by atoms with E-state index in [4.69, 9.17) is 22.1 Å². The molecule has 1 fully saturated rings. The average molecular weight is 299 g/mol. The second-order valence-corrected chi connectivity index (χ2v) is 5.88. The summed E-state index contributed by atoms with van der Waals surface area (Å²) in [5, 5.41) is 14.0. The van der Waals surface area contributed by atoms with E-state index in [9.17, 15) is 5.11 Å². The Labute approximate surface area is 125 Å². The molecule has 20 heavy (non-hydrogen) atoms. The van der Waals surface area contributed by atoms with Crippen LogP contribution >= 0.6 is 11.6 Å². The van der Waals surface area contributed by atoms with Crippen molar-refractivity contribution < 1.29 is 9.84 Å². The summed E-state index contributed by atoms with van der Waals surface area (Å²) in [4.78, 5) is 0. The predicted molar refractivity (Wildman–Crippen MR) is 81.2 cm³/mol. The van der Waals surface area contributed by atoms with Gasteiger partial charge in [0.05, 0.1) is 0 Å². The van der Waals surface area contributed by atoms with Crippen LogP contribution in [0.5, 0.6) is 5.75 Å². The molecule has 0 heterocycles. The van der Waals surface area contributed by atoms with Crippen LogP contribution in [0.4, 0.5) is 0 Å². The SMILES string of the molecule is N[C@H]1CC[C@H](NCC(O)COc2ccc(Cl)cc2)CC1. The van der Waals surface area contributed by atoms with Crippen molar-refractivity contribution in [2.24, 2.45) is 5.73 Å². The first-order chi connectivity index (χ1) is 9.63. The molecule has 4 nitrogen and oxygen atoms in total. The van der Waals surface area contributed by atoms with Crippen LogP contribution in [0.25, 0.3) is 0 Å². The topological polar surface area (TPSA) is 67.5 Å². The number of aliphatic hydroxyl groups excluding tert-OH is 1. The Hall–Kier alpha value is -0.810. The van der Waals surface area contributed by atoms with Crippen molar-refractivity contribution in [2.75, 3.05) is 13.2 Å². The number of aliphatic hydroxyl groups is 1. The largest absolute Gasteiger partial charge is 0.491 e. The third-order valence-corrected chi connectivity index (χ3v) is 3.92. The molecule has 0 aromatic heterocycles. The fourth-order valence-corrected chi connectivity index (χ4v) is 2.53. The second-order valence-electron chi connectivity index (χ2n) is 5.44. The predicted octanol–water partition coefficient (Wildman–Crippen LogP) is 1.94. The summed E-state index contributed by atoms with van der Waals surface area (Å²) in [6.07, 6.45) is 3.79. The molecule has 0 bridgehead atoms. The zero-order valence-electron chi connectivity index (χ0n) is 11.6. The van der Waals surface area contributed by atoms with Crippen molar-refractivity contribution >= 4 is 11.6 Å². The van der Waals surface area contributed by atoms with Gasteiger partial charge in [0.15, 0.2) is 0 Å². The average Bonchev–Trinajstić information content (AvgIpc) is 2.46. The third kappa shape index (κ3) is 5.29. The maximum absolute atomic E-state index is 9.91. The van der Waals surface area contributed by atoms with Crippen molar-refractivity contribution in [3.8, 4) is 5.75 Å². The van der Waals surface area contributed by atoms with Crippen molar-refractivity contribution in [3.63, 3.8) is 0 Å². The fraction of sp³-hybridized carbons (Fsp3) is 0.600. The first-order valence-corrected chi connectivity index (χ1v) is 7.56. The Morgan fingerprint density at radius 1 is 1.25 bits per heavy atom. The van der Waals surface area contributed by atoms with E-state index in [0.29, 0.717) is 23.7 Å². The zero-order chi connectivity index (χ0) is 14.4. The lowest BCUT2D eigenvalue weighted by atomic mass is 9.92. The molecule has 0 radical (unpaired) electrons. The third-order valence-electron chi connectivity index (χ3n) is 3.67. The summed E-state index contributed by atoms with van der Waals surface area (Å²) < 4.78 is 5.51. The lowest BCUT2D eigenvalue weighted by molar-refractivity contribution is 0.101. The zero-order valence-corrected chi connectivity index (χ0v) is 12.4. The quantitative estimate of drug-likeness (QED) is 0.751. The molecule has 4 N–H and O–H groups in total. The van der Waals surface area contributed by atoms with Gasteiger partial charge in [-0.3, -0.25) is 0 Å². The van der Waals surface area contributed by atoms with E-state index in [2.05, 4.69) is 5.32 Å². The van der Waals surface area contributed by atoms with E-state index >= 15 is 0 Å². The lowest BCUT2D eigenvalue weighted by Gasteiger charge is -2.27. The van der Waals surface area contributed by atoms with E-state index in [1.165, 1.54) is 0 Å². The molecular weight excluding hydrogens is 276 g/mol. The Balaban J connectivity index is 1.62. The smallest absolute Gasteiger partial charge is 0.119 e.